The molecule has 3 rings (SSSR count). The fraction of sp³-hybridized carbons (Fsp3) is 0.529. The van der Waals surface area contributed by atoms with Crippen molar-refractivity contribution in [3.05, 3.63) is 29.8 Å². The van der Waals surface area contributed by atoms with Crippen LogP contribution >= 0.6 is 0 Å². The molecule has 1 amide bonds. The maximum Gasteiger partial charge on any atom is 0.573 e. The van der Waals surface area contributed by atoms with Gasteiger partial charge < -0.3 is 19.5 Å². The molecule has 9 heteroatoms. The number of amides is 1. The summed E-state index contributed by atoms with van der Waals surface area (Å²) >= 11 is 0. The summed E-state index contributed by atoms with van der Waals surface area (Å²) in [4.78, 5) is 25.0. The van der Waals surface area contributed by atoms with E-state index in [0.29, 0.717) is 18.5 Å². The number of morpholine rings is 1. The van der Waals surface area contributed by atoms with E-state index in [9.17, 15) is 22.8 Å². The number of halogens is 3. The number of hydrogen-bond donors (Lipinski definition) is 1. The first-order chi connectivity index (χ1) is 12.2. The van der Waals surface area contributed by atoms with Crippen molar-refractivity contribution in [3.8, 4) is 5.75 Å². The van der Waals surface area contributed by atoms with Gasteiger partial charge in [-0.3, -0.25) is 9.59 Å². The number of alkyl halides is 3. The number of carboxylic acid groups (broad SMARTS) is 1. The third kappa shape index (κ3) is 4.46. The molecule has 0 radical (unpaired) electrons. The highest BCUT2D eigenvalue weighted by atomic mass is 19.4. The van der Waals surface area contributed by atoms with E-state index in [1.807, 2.05) is 0 Å². The van der Waals surface area contributed by atoms with Crippen molar-refractivity contribution in [1.82, 2.24) is 4.90 Å². The highest BCUT2D eigenvalue weighted by Gasteiger charge is 2.48. The van der Waals surface area contributed by atoms with Crippen molar-refractivity contribution in [2.75, 3.05) is 19.7 Å². The van der Waals surface area contributed by atoms with Gasteiger partial charge in [0, 0.05) is 19.0 Å². The van der Waals surface area contributed by atoms with Crippen LogP contribution in [0.3, 0.4) is 0 Å². The number of para-hydroxylation sites is 1. The Hall–Kier alpha value is -2.29. The van der Waals surface area contributed by atoms with Crippen LogP contribution in [0.15, 0.2) is 24.3 Å². The maximum atomic E-state index is 12.6. The third-order valence-electron chi connectivity index (χ3n) is 4.50. The summed E-state index contributed by atoms with van der Waals surface area (Å²) in [6.07, 6.45) is -5.11. The fourth-order valence-corrected chi connectivity index (χ4v) is 3.29. The minimum absolute atomic E-state index is 0.176. The molecule has 3 unspecified atom stereocenters. The van der Waals surface area contributed by atoms with E-state index in [2.05, 4.69) is 4.74 Å². The molecule has 1 saturated heterocycles. The molecule has 6 nitrogen and oxygen atoms in total. The van der Waals surface area contributed by atoms with Crippen molar-refractivity contribution in [1.29, 1.82) is 0 Å². The smallest absolute Gasteiger partial charge is 0.481 e. The second-order valence-electron chi connectivity index (χ2n) is 6.41. The van der Waals surface area contributed by atoms with Crippen LogP contribution in [0.4, 0.5) is 13.2 Å². The van der Waals surface area contributed by atoms with Crippen LogP contribution in [0.1, 0.15) is 24.3 Å². The van der Waals surface area contributed by atoms with Crippen molar-refractivity contribution in [2.45, 2.75) is 31.2 Å². The van der Waals surface area contributed by atoms with Gasteiger partial charge in [-0.15, -0.1) is 13.2 Å². The summed E-state index contributed by atoms with van der Waals surface area (Å²) in [5, 5.41) is 8.84. The molecule has 1 aromatic rings. The van der Waals surface area contributed by atoms with Crippen molar-refractivity contribution < 1.29 is 37.3 Å². The summed E-state index contributed by atoms with van der Waals surface area (Å²) in [5.74, 6) is -2.23. The van der Waals surface area contributed by atoms with Gasteiger partial charge in [0.15, 0.2) is 0 Å². The van der Waals surface area contributed by atoms with Gasteiger partial charge in [-0.25, -0.2) is 0 Å². The summed E-state index contributed by atoms with van der Waals surface area (Å²) in [6.45, 7) is 0.767. The number of aliphatic carboxylic acids is 1. The molecule has 1 aromatic carbocycles. The van der Waals surface area contributed by atoms with Gasteiger partial charge in [0.25, 0.3) is 0 Å². The zero-order valence-electron chi connectivity index (χ0n) is 13.7. The van der Waals surface area contributed by atoms with Crippen LogP contribution in [0.2, 0.25) is 0 Å². The molecule has 0 spiro atoms. The lowest BCUT2D eigenvalue weighted by atomic mass is 10.1. The Balaban J connectivity index is 1.65. The molecule has 0 bridgehead atoms. The lowest BCUT2D eigenvalue weighted by Gasteiger charge is -2.32. The van der Waals surface area contributed by atoms with E-state index in [1.54, 1.807) is 6.07 Å². The first-order valence-corrected chi connectivity index (χ1v) is 8.21. The number of nitrogens with zero attached hydrogens (tertiary/aromatic N) is 1. The average Bonchev–Trinajstić information content (AvgIpc) is 3.33. The standard InChI is InChI=1S/C17H18F3NO5/c18-17(19,20)26-14-4-2-1-3-11(14)12-8-13(12)16(24)21-5-6-25-10(9-21)7-15(22)23/h1-4,10,12-13H,5-9H2,(H,22,23). The molecule has 26 heavy (non-hydrogen) atoms. The van der Waals surface area contributed by atoms with Gasteiger partial charge in [0.2, 0.25) is 5.91 Å². The Morgan fingerprint density at radius 1 is 1.31 bits per heavy atom. The van der Waals surface area contributed by atoms with Gasteiger partial charge in [-0.1, -0.05) is 18.2 Å². The van der Waals surface area contributed by atoms with E-state index < -0.39 is 24.4 Å². The van der Waals surface area contributed by atoms with Gasteiger partial charge in [-0.05, 0) is 24.0 Å². The Labute approximate surface area is 147 Å². The van der Waals surface area contributed by atoms with Crippen LogP contribution < -0.4 is 4.74 Å². The van der Waals surface area contributed by atoms with E-state index in [0.717, 1.165) is 0 Å². The molecular formula is C17H18F3NO5. The first-order valence-electron chi connectivity index (χ1n) is 8.21. The molecule has 1 N–H and O–H groups in total. The summed E-state index contributed by atoms with van der Waals surface area (Å²) in [6, 6.07) is 5.82. The van der Waals surface area contributed by atoms with Gasteiger partial charge >= 0.3 is 12.3 Å². The molecule has 3 atom stereocenters. The predicted molar refractivity (Wildman–Crippen MR) is 82.5 cm³/mol. The van der Waals surface area contributed by atoms with Crippen LogP contribution in [-0.4, -0.2) is 54.0 Å². The number of carboxylic acids is 1. The number of carbonyl (C=O) groups is 2. The second kappa shape index (κ2) is 7.14. The Kier molecular flexibility index (Phi) is 5.08. The largest absolute Gasteiger partial charge is 0.573 e. The lowest BCUT2D eigenvalue weighted by Crippen LogP contribution is -2.47. The van der Waals surface area contributed by atoms with Crippen LogP contribution in [0.5, 0.6) is 5.75 Å². The zero-order valence-corrected chi connectivity index (χ0v) is 13.7. The molecule has 1 aliphatic carbocycles. The fourth-order valence-electron chi connectivity index (χ4n) is 3.29. The monoisotopic (exact) mass is 373 g/mol. The van der Waals surface area contributed by atoms with E-state index in [4.69, 9.17) is 9.84 Å². The van der Waals surface area contributed by atoms with Gasteiger partial charge in [0.1, 0.15) is 5.75 Å². The molecule has 1 saturated carbocycles. The SMILES string of the molecule is O=C(O)CC1CN(C(=O)C2CC2c2ccccc2OC(F)(F)F)CCO1. The maximum absolute atomic E-state index is 12.6. The lowest BCUT2D eigenvalue weighted by molar-refractivity contribution is -0.274. The molecule has 142 valence electrons. The first kappa shape index (κ1) is 18.5. The van der Waals surface area contributed by atoms with Crippen molar-refractivity contribution in [3.63, 3.8) is 0 Å². The quantitative estimate of drug-likeness (QED) is 0.858. The highest BCUT2D eigenvalue weighted by molar-refractivity contribution is 5.83. The molecular weight excluding hydrogens is 355 g/mol. The van der Waals surface area contributed by atoms with Crippen molar-refractivity contribution in [2.24, 2.45) is 5.92 Å². The van der Waals surface area contributed by atoms with E-state index in [1.165, 1.54) is 23.1 Å². The van der Waals surface area contributed by atoms with Crippen LogP contribution in [-0.2, 0) is 14.3 Å². The van der Waals surface area contributed by atoms with Crippen LogP contribution in [0.25, 0.3) is 0 Å². The van der Waals surface area contributed by atoms with E-state index >= 15 is 0 Å². The normalized spacial score (nSPS) is 25.7. The Bertz CT molecular complexity index is 693. The van der Waals surface area contributed by atoms with Gasteiger partial charge in [-0.2, -0.15) is 0 Å². The molecule has 2 fully saturated rings. The summed E-state index contributed by atoms with van der Waals surface area (Å²) in [7, 11) is 0. The second-order valence-corrected chi connectivity index (χ2v) is 6.41. The molecule has 2 aliphatic rings. The number of hydrogen-bond acceptors (Lipinski definition) is 4. The number of rotatable bonds is 5. The minimum Gasteiger partial charge on any atom is -0.481 e. The number of benzene rings is 1. The molecule has 0 aromatic heterocycles. The van der Waals surface area contributed by atoms with Gasteiger partial charge in [0.05, 0.1) is 19.1 Å². The topological polar surface area (TPSA) is 76.1 Å². The zero-order chi connectivity index (χ0) is 18.9. The number of carbonyl (C=O) groups excluding carboxylic acids is 1. The van der Waals surface area contributed by atoms with E-state index in [-0.39, 0.29) is 37.1 Å². The van der Waals surface area contributed by atoms with Crippen molar-refractivity contribution >= 4 is 11.9 Å². The molecule has 1 heterocycles. The number of ether oxygens (including phenoxy) is 2. The summed E-state index contributed by atoms with van der Waals surface area (Å²) in [5.41, 5.74) is 0.360. The minimum atomic E-state index is -4.79. The third-order valence-corrected chi connectivity index (χ3v) is 4.50. The molecule has 1 aliphatic heterocycles. The Morgan fingerprint density at radius 3 is 2.73 bits per heavy atom. The summed E-state index contributed by atoms with van der Waals surface area (Å²) < 4.78 is 47.0. The average molecular weight is 373 g/mol. The highest BCUT2D eigenvalue weighted by Crippen LogP contribution is 2.51. The predicted octanol–water partition coefficient (Wildman–Crippen LogP) is 2.39. The van der Waals surface area contributed by atoms with Crippen LogP contribution in [0, 0.1) is 5.92 Å². The Morgan fingerprint density at radius 2 is 2.04 bits per heavy atom.